The summed E-state index contributed by atoms with van der Waals surface area (Å²) in [5.74, 6) is 2.48. The van der Waals surface area contributed by atoms with Gasteiger partial charge in [0, 0.05) is 17.8 Å². The molecule has 2 heterocycles. The summed E-state index contributed by atoms with van der Waals surface area (Å²) in [6.45, 7) is 1.93. The third-order valence-corrected chi connectivity index (χ3v) is 6.13. The van der Waals surface area contributed by atoms with Crippen LogP contribution in [0.2, 0.25) is 0 Å². The minimum absolute atomic E-state index is 0.00227. The molecule has 120 valence electrons. The molecular formula is C18H22N4O. The van der Waals surface area contributed by atoms with E-state index in [1.54, 1.807) is 16.8 Å². The van der Waals surface area contributed by atoms with E-state index in [4.69, 9.17) is 0 Å². The smallest absolute Gasteiger partial charge is 0.270 e. The molecule has 0 unspecified atom stereocenters. The van der Waals surface area contributed by atoms with Crippen LogP contribution in [0.4, 0.5) is 0 Å². The van der Waals surface area contributed by atoms with E-state index < -0.39 is 0 Å². The van der Waals surface area contributed by atoms with Crippen molar-refractivity contribution in [1.82, 2.24) is 19.9 Å². The molecule has 4 fully saturated rings. The summed E-state index contributed by atoms with van der Waals surface area (Å²) in [5, 5.41) is 7.84. The van der Waals surface area contributed by atoms with Gasteiger partial charge >= 0.3 is 0 Å². The zero-order valence-corrected chi connectivity index (χ0v) is 13.5. The molecule has 2 aromatic heterocycles. The van der Waals surface area contributed by atoms with Crippen LogP contribution in [-0.2, 0) is 0 Å². The van der Waals surface area contributed by atoms with Crippen LogP contribution in [0.25, 0.3) is 5.65 Å². The first kappa shape index (κ1) is 13.5. The SMILES string of the molecule is Cc1cc2nccc(C(=O)NC34CC5CC(CC(C5)C3)C4)n2n1. The lowest BCUT2D eigenvalue weighted by atomic mass is 9.53. The monoisotopic (exact) mass is 310 g/mol. The molecule has 4 saturated carbocycles. The predicted molar refractivity (Wildman–Crippen MR) is 86.1 cm³/mol. The second-order valence-corrected chi connectivity index (χ2v) is 8.04. The van der Waals surface area contributed by atoms with Gasteiger partial charge in [0.1, 0.15) is 5.69 Å². The summed E-state index contributed by atoms with van der Waals surface area (Å²) in [6, 6.07) is 3.68. The summed E-state index contributed by atoms with van der Waals surface area (Å²) < 4.78 is 1.67. The molecule has 4 aliphatic carbocycles. The Morgan fingerprint density at radius 3 is 2.52 bits per heavy atom. The van der Waals surface area contributed by atoms with E-state index >= 15 is 0 Å². The Balaban J connectivity index is 1.47. The van der Waals surface area contributed by atoms with Crippen molar-refractivity contribution >= 4 is 11.6 Å². The van der Waals surface area contributed by atoms with Crippen molar-refractivity contribution in [1.29, 1.82) is 0 Å². The van der Waals surface area contributed by atoms with Gasteiger partial charge in [-0.1, -0.05) is 0 Å². The number of rotatable bonds is 2. The number of fused-ring (bicyclic) bond motifs is 1. The number of amides is 1. The fourth-order valence-corrected chi connectivity index (χ4v) is 5.75. The van der Waals surface area contributed by atoms with Crippen molar-refractivity contribution in [3.05, 3.63) is 29.7 Å². The molecule has 4 bridgehead atoms. The van der Waals surface area contributed by atoms with Crippen molar-refractivity contribution in [3.8, 4) is 0 Å². The Kier molecular flexibility index (Phi) is 2.68. The van der Waals surface area contributed by atoms with Gasteiger partial charge < -0.3 is 5.32 Å². The van der Waals surface area contributed by atoms with Gasteiger partial charge in [-0.2, -0.15) is 5.10 Å². The lowest BCUT2D eigenvalue weighted by Crippen LogP contribution is -2.60. The molecule has 1 N–H and O–H groups in total. The molecule has 1 amide bonds. The van der Waals surface area contributed by atoms with Crippen molar-refractivity contribution in [2.75, 3.05) is 0 Å². The highest BCUT2D eigenvalue weighted by atomic mass is 16.2. The van der Waals surface area contributed by atoms with Crippen LogP contribution in [0.1, 0.15) is 54.7 Å². The largest absolute Gasteiger partial charge is 0.345 e. The topological polar surface area (TPSA) is 59.3 Å². The average Bonchev–Trinajstić information content (AvgIpc) is 2.85. The number of nitrogens with one attached hydrogen (secondary N) is 1. The van der Waals surface area contributed by atoms with E-state index in [0.717, 1.165) is 48.4 Å². The Morgan fingerprint density at radius 1 is 1.22 bits per heavy atom. The molecule has 0 atom stereocenters. The van der Waals surface area contributed by atoms with Gasteiger partial charge in [0.2, 0.25) is 0 Å². The fraction of sp³-hybridized carbons (Fsp3) is 0.611. The predicted octanol–water partition coefficient (Wildman–Crippen LogP) is 2.74. The second-order valence-electron chi connectivity index (χ2n) is 8.04. The van der Waals surface area contributed by atoms with Crippen LogP contribution in [0.5, 0.6) is 0 Å². The maximum absolute atomic E-state index is 13.0. The van der Waals surface area contributed by atoms with Crippen molar-refractivity contribution in [3.63, 3.8) is 0 Å². The maximum atomic E-state index is 13.0. The van der Waals surface area contributed by atoms with Gasteiger partial charge in [0.25, 0.3) is 5.91 Å². The van der Waals surface area contributed by atoms with Gasteiger partial charge in [-0.05, 0) is 69.3 Å². The number of hydrogen-bond donors (Lipinski definition) is 1. The van der Waals surface area contributed by atoms with Crippen LogP contribution in [0, 0.1) is 24.7 Å². The second kappa shape index (κ2) is 4.56. The number of carbonyl (C=O) groups excluding carboxylic acids is 1. The van der Waals surface area contributed by atoms with Crippen LogP contribution in [0.3, 0.4) is 0 Å². The normalized spacial score (nSPS) is 34.9. The van der Waals surface area contributed by atoms with E-state index in [2.05, 4.69) is 15.4 Å². The molecule has 2 aromatic rings. The number of nitrogens with zero attached hydrogens (tertiary/aromatic N) is 3. The molecule has 23 heavy (non-hydrogen) atoms. The number of carbonyl (C=O) groups is 1. The lowest BCUT2D eigenvalue weighted by Gasteiger charge is -2.56. The van der Waals surface area contributed by atoms with Crippen LogP contribution in [-0.4, -0.2) is 26.0 Å². The third-order valence-electron chi connectivity index (χ3n) is 6.13. The number of aromatic nitrogens is 3. The highest BCUT2D eigenvalue weighted by Crippen LogP contribution is 2.55. The van der Waals surface area contributed by atoms with E-state index in [-0.39, 0.29) is 11.4 Å². The van der Waals surface area contributed by atoms with Crippen molar-refractivity contribution < 1.29 is 4.79 Å². The van der Waals surface area contributed by atoms with Gasteiger partial charge in [-0.25, -0.2) is 9.50 Å². The van der Waals surface area contributed by atoms with E-state index in [0.29, 0.717) is 5.69 Å². The molecule has 0 spiro atoms. The van der Waals surface area contributed by atoms with E-state index in [1.807, 2.05) is 13.0 Å². The van der Waals surface area contributed by atoms with Crippen LogP contribution >= 0.6 is 0 Å². The standard InChI is InChI=1S/C18H22N4O/c1-11-4-16-19-3-2-15(22(16)21-11)17(23)20-18-8-12-5-13(9-18)7-14(6-12)10-18/h2-4,12-14H,5-10H2,1H3,(H,20,23). The number of hydrogen-bond acceptors (Lipinski definition) is 3. The molecule has 0 aromatic carbocycles. The van der Waals surface area contributed by atoms with Crippen molar-refractivity contribution in [2.45, 2.75) is 51.0 Å². The highest BCUT2D eigenvalue weighted by molar-refractivity contribution is 5.93. The molecule has 5 nitrogen and oxygen atoms in total. The van der Waals surface area contributed by atoms with E-state index in [9.17, 15) is 4.79 Å². The Labute approximate surface area is 135 Å². The minimum atomic E-state index is 0.00227. The summed E-state index contributed by atoms with van der Waals surface area (Å²) in [7, 11) is 0. The molecule has 0 radical (unpaired) electrons. The highest BCUT2D eigenvalue weighted by Gasteiger charge is 2.51. The Bertz CT molecular complexity index is 758. The molecule has 4 aliphatic rings. The van der Waals surface area contributed by atoms with E-state index in [1.165, 1.54) is 19.3 Å². The van der Waals surface area contributed by atoms with Crippen molar-refractivity contribution in [2.24, 2.45) is 17.8 Å². The summed E-state index contributed by atoms with van der Waals surface area (Å²) >= 11 is 0. The zero-order chi connectivity index (χ0) is 15.6. The first-order valence-electron chi connectivity index (χ1n) is 8.74. The van der Waals surface area contributed by atoms with Gasteiger partial charge in [-0.3, -0.25) is 4.79 Å². The van der Waals surface area contributed by atoms with Crippen LogP contribution < -0.4 is 5.32 Å². The quantitative estimate of drug-likeness (QED) is 0.928. The van der Waals surface area contributed by atoms with Gasteiger partial charge in [0.05, 0.1) is 5.69 Å². The summed E-state index contributed by atoms with van der Waals surface area (Å²) in [6.07, 6.45) is 9.34. The third kappa shape index (κ3) is 2.09. The van der Waals surface area contributed by atoms with Crippen LogP contribution in [0.15, 0.2) is 18.3 Å². The molecule has 5 heteroatoms. The molecule has 6 rings (SSSR count). The first-order chi connectivity index (χ1) is 11.1. The Morgan fingerprint density at radius 2 is 1.87 bits per heavy atom. The van der Waals surface area contributed by atoms with Gasteiger partial charge in [0.15, 0.2) is 5.65 Å². The number of aryl methyl sites for hydroxylation is 1. The Hall–Kier alpha value is -1.91. The summed E-state index contributed by atoms with van der Waals surface area (Å²) in [4.78, 5) is 17.2. The maximum Gasteiger partial charge on any atom is 0.270 e. The average molecular weight is 310 g/mol. The molecular weight excluding hydrogens is 288 g/mol. The zero-order valence-electron chi connectivity index (χ0n) is 13.5. The molecule has 0 aliphatic heterocycles. The summed E-state index contributed by atoms with van der Waals surface area (Å²) in [5.41, 5.74) is 2.25. The fourth-order valence-electron chi connectivity index (χ4n) is 5.75. The molecule has 0 saturated heterocycles. The lowest BCUT2D eigenvalue weighted by molar-refractivity contribution is -0.0168. The first-order valence-corrected chi connectivity index (χ1v) is 8.74. The van der Waals surface area contributed by atoms with Gasteiger partial charge in [-0.15, -0.1) is 0 Å². The minimum Gasteiger partial charge on any atom is -0.345 e.